The van der Waals surface area contributed by atoms with E-state index < -0.39 is 33.2 Å². The van der Waals surface area contributed by atoms with E-state index in [9.17, 15) is 24.8 Å². The van der Waals surface area contributed by atoms with Crippen molar-refractivity contribution >= 4 is 40.9 Å². The van der Waals surface area contributed by atoms with Crippen LogP contribution in [-0.4, -0.2) is 43.9 Å². The van der Waals surface area contributed by atoms with E-state index in [1.165, 1.54) is 11.8 Å². The highest BCUT2D eigenvalue weighted by Gasteiger charge is 2.44. The number of hydrogen-bond acceptors (Lipinski definition) is 6. The van der Waals surface area contributed by atoms with E-state index in [0.29, 0.717) is 5.75 Å². The highest BCUT2D eigenvalue weighted by Crippen LogP contribution is 2.30. The van der Waals surface area contributed by atoms with Crippen LogP contribution in [-0.2, 0) is 4.79 Å². The highest BCUT2D eigenvalue weighted by molar-refractivity contribution is 7.99. The molecule has 112 valence electrons. The number of carboxylic acids is 1. The summed E-state index contributed by atoms with van der Waals surface area (Å²) in [4.78, 5) is 37.3. The van der Waals surface area contributed by atoms with Crippen LogP contribution < -0.4 is 5.32 Å². The van der Waals surface area contributed by atoms with Gasteiger partial charge in [0.2, 0.25) is 5.15 Å². The molecule has 1 atom stereocenters. The molecule has 8 nitrogen and oxygen atoms in total. The molecule has 21 heavy (non-hydrogen) atoms. The minimum Gasteiger partial charge on any atom is -0.479 e. The Morgan fingerprint density at radius 2 is 2.29 bits per heavy atom. The van der Waals surface area contributed by atoms with E-state index in [0.717, 1.165) is 12.3 Å². The van der Waals surface area contributed by atoms with Gasteiger partial charge in [0.15, 0.2) is 0 Å². The number of nitrogens with zero attached hydrogens (tertiary/aromatic N) is 2. The molecular formula is C11H10ClN3O5S. The number of pyridine rings is 1. The second-order valence-electron chi connectivity index (χ2n) is 4.40. The number of hydrogen-bond donors (Lipinski definition) is 2. The first-order valence-corrected chi connectivity index (χ1v) is 7.33. The van der Waals surface area contributed by atoms with E-state index in [4.69, 9.17) is 11.6 Å². The number of aromatic nitrogens is 1. The summed E-state index contributed by atoms with van der Waals surface area (Å²) in [6, 6.07) is 1.14. The van der Waals surface area contributed by atoms with Gasteiger partial charge in [-0.3, -0.25) is 14.9 Å². The second-order valence-corrected chi connectivity index (χ2v) is 5.86. The molecule has 1 amide bonds. The van der Waals surface area contributed by atoms with Crippen molar-refractivity contribution in [2.45, 2.75) is 12.0 Å². The van der Waals surface area contributed by atoms with Crippen molar-refractivity contribution in [1.29, 1.82) is 0 Å². The number of amides is 1. The quantitative estimate of drug-likeness (QED) is 0.484. The zero-order chi connectivity index (χ0) is 15.6. The Morgan fingerprint density at radius 3 is 2.81 bits per heavy atom. The standard InChI is InChI=1S/C11H10ClN3O5S/c12-8-7(15(19)20)6(1-3-13-8)9(16)14-11(10(17)18)2-4-21-5-11/h1,3H,2,4-5H2,(H,14,16)(H,17,18). The molecule has 2 N–H and O–H groups in total. The molecule has 1 fully saturated rings. The maximum atomic E-state index is 12.2. The molecule has 0 aliphatic carbocycles. The Kier molecular flexibility index (Phi) is 4.33. The van der Waals surface area contributed by atoms with Gasteiger partial charge in [-0.05, 0) is 18.2 Å². The van der Waals surface area contributed by atoms with Crippen molar-refractivity contribution in [1.82, 2.24) is 10.3 Å². The van der Waals surface area contributed by atoms with Crippen LogP contribution in [0, 0.1) is 10.1 Å². The van der Waals surface area contributed by atoms with Crippen LogP contribution in [0.3, 0.4) is 0 Å². The first-order valence-electron chi connectivity index (χ1n) is 5.80. The Morgan fingerprint density at radius 1 is 1.57 bits per heavy atom. The molecule has 2 heterocycles. The van der Waals surface area contributed by atoms with Crippen LogP contribution in [0.1, 0.15) is 16.8 Å². The number of aliphatic carboxylic acids is 1. The molecule has 1 unspecified atom stereocenters. The molecule has 1 aromatic rings. The second kappa shape index (κ2) is 5.86. The molecule has 1 aromatic heterocycles. The number of carboxylic acid groups (broad SMARTS) is 1. The lowest BCUT2D eigenvalue weighted by Gasteiger charge is -2.24. The van der Waals surface area contributed by atoms with Gasteiger partial charge in [-0.15, -0.1) is 0 Å². The number of carbonyl (C=O) groups excluding carboxylic acids is 1. The maximum Gasteiger partial charge on any atom is 0.330 e. The third-order valence-corrected chi connectivity index (χ3v) is 4.56. The van der Waals surface area contributed by atoms with Gasteiger partial charge >= 0.3 is 11.7 Å². The van der Waals surface area contributed by atoms with Crippen LogP contribution in [0.25, 0.3) is 0 Å². The zero-order valence-electron chi connectivity index (χ0n) is 10.5. The van der Waals surface area contributed by atoms with Gasteiger partial charge in [0.25, 0.3) is 5.91 Å². The Labute approximate surface area is 128 Å². The molecule has 0 spiro atoms. The first-order chi connectivity index (χ1) is 9.87. The van der Waals surface area contributed by atoms with Crippen LogP contribution in [0.5, 0.6) is 0 Å². The first kappa shape index (κ1) is 15.5. The van der Waals surface area contributed by atoms with Crippen molar-refractivity contribution in [3.8, 4) is 0 Å². The van der Waals surface area contributed by atoms with E-state index in [1.807, 2.05) is 0 Å². The molecule has 0 radical (unpaired) electrons. The molecule has 2 rings (SSSR count). The molecule has 0 bridgehead atoms. The predicted molar refractivity (Wildman–Crippen MR) is 75.7 cm³/mol. The summed E-state index contributed by atoms with van der Waals surface area (Å²) in [5, 5.41) is 22.2. The SMILES string of the molecule is O=C(NC1(C(=O)O)CCSC1)c1ccnc(Cl)c1[N+](=O)[O-]. The summed E-state index contributed by atoms with van der Waals surface area (Å²) in [6.45, 7) is 0. The van der Waals surface area contributed by atoms with Crippen LogP contribution in [0.15, 0.2) is 12.3 Å². The summed E-state index contributed by atoms with van der Waals surface area (Å²) in [6.07, 6.45) is 1.41. The number of nitro groups is 1. The number of rotatable bonds is 4. The van der Waals surface area contributed by atoms with E-state index in [-0.39, 0.29) is 17.7 Å². The molecule has 0 saturated carbocycles. The van der Waals surface area contributed by atoms with Crippen LogP contribution >= 0.6 is 23.4 Å². The van der Waals surface area contributed by atoms with Crippen molar-refractivity contribution in [2.75, 3.05) is 11.5 Å². The lowest BCUT2D eigenvalue weighted by Crippen LogP contribution is -2.54. The van der Waals surface area contributed by atoms with Crippen LogP contribution in [0.4, 0.5) is 5.69 Å². The minimum absolute atomic E-state index is 0.209. The predicted octanol–water partition coefficient (Wildman–Crippen LogP) is 1.33. The fraction of sp³-hybridized carbons (Fsp3) is 0.364. The third-order valence-electron chi connectivity index (χ3n) is 3.09. The van der Waals surface area contributed by atoms with E-state index in [1.54, 1.807) is 0 Å². The Balaban J connectivity index is 2.35. The summed E-state index contributed by atoms with van der Waals surface area (Å²) in [7, 11) is 0. The smallest absolute Gasteiger partial charge is 0.330 e. The van der Waals surface area contributed by atoms with E-state index >= 15 is 0 Å². The fourth-order valence-electron chi connectivity index (χ4n) is 1.96. The van der Waals surface area contributed by atoms with Crippen LogP contribution in [0.2, 0.25) is 5.15 Å². The number of nitrogens with one attached hydrogen (secondary N) is 1. The lowest BCUT2D eigenvalue weighted by molar-refractivity contribution is -0.385. The average Bonchev–Trinajstić information content (AvgIpc) is 2.87. The molecular weight excluding hydrogens is 322 g/mol. The van der Waals surface area contributed by atoms with Gasteiger partial charge in [0.1, 0.15) is 11.1 Å². The monoisotopic (exact) mass is 331 g/mol. The molecule has 1 aliphatic rings. The van der Waals surface area contributed by atoms with Gasteiger partial charge < -0.3 is 10.4 Å². The Hall–Kier alpha value is -1.87. The summed E-state index contributed by atoms with van der Waals surface area (Å²) >= 11 is 7.02. The van der Waals surface area contributed by atoms with Gasteiger partial charge in [-0.1, -0.05) is 11.6 Å². The topological polar surface area (TPSA) is 122 Å². The van der Waals surface area contributed by atoms with Gasteiger partial charge in [0.05, 0.1) is 4.92 Å². The minimum atomic E-state index is -1.41. The molecule has 1 saturated heterocycles. The number of carbonyl (C=O) groups is 2. The maximum absolute atomic E-state index is 12.2. The van der Waals surface area contributed by atoms with Gasteiger partial charge in [0, 0.05) is 11.9 Å². The largest absolute Gasteiger partial charge is 0.479 e. The van der Waals surface area contributed by atoms with Gasteiger partial charge in [-0.25, -0.2) is 9.78 Å². The number of thioether (sulfide) groups is 1. The number of halogens is 1. The van der Waals surface area contributed by atoms with Crippen molar-refractivity contribution < 1.29 is 19.6 Å². The zero-order valence-corrected chi connectivity index (χ0v) is 12.1. The Bertz CT molecular complexity index is 618. The van der Waals surface area contributed by atoms with E-state index in [2.05, 4.69) is 10.3 Å². The highest BCUT2D eigenvalue weighted by atomic mass is 35.5. The summed E-state index contributed by atoms with van der Waals surface area (Å²) in [5.74, 6) is -1.22. The molecule has 10 heteroatoms. The fourth-order valence-corrected chi connectivity index (χ4v) is 3.51. The summed E-state index contributed by atoms with van der Waals surface area (Å²) in [5.41, 5.74) is -2.36. The van der Waals surface area contributed by atoms with Crippen molar-refractivity contribution in [3.05, 3.63) is 33.1 Å². The molecule has 1 aliphatic heterocycles. The third kappa shape index (κ3) is 2.93. The summed E-state index contributed by atoms with van der Waals surface area (Å²) < 4.78 is 0. The van der Waals surface area contributed by atoms with Crippen molar-refractivity contribution in [2.24, 2.45) is 0 Å². The van der Waals surface area contributed by atoms with Crippen molar-refractivity contribution in [3.63, 3.8) is 0 Å². The average molecular weight is 332 g/mol. The normalized spacial score (nSPS) is 21.0. The molecule has 0 aromatic carbocycles. The van der Waals surface area contributed by atoms with Gasteiger partial charge in [-0.2, -0.15) is 11.8 Å². The lowest BCUT2D eigenvalue weighted by atomic mass is 9.98.